The van der Waals surface area contributed by atoms with Gasteiger partial charge in [-0.3, -0.25) is 4.79 Å². The standard InChI is InChI=1S/C6H7NOSi/c7-6(8)9-4-2-1-3-5-9/h1-5H,(H2,7,8). The Morgan fingerprint density at radius 1 is 1.22 bits per heavy atom. The Morgan fingerprint density at radius 2 is 1.78 bits per heavy atom. The molecular formula is C6H7NOSi. The van der Waals surface area contributed by atoms with Gasteiger partial charge in [-0.1, -0.05) is 29.6 Å². The second-order valence-electron chi connectivity index (χ2n) is 1.73. The highest BCUT2D eigenvalue weighted by Crippen LogP contribution is 1.83. The third kappa shape index (κ3) is 1.47. The molecule has 1 aromatic rings. The van der Waals surface area contributed by atoms with Crippen LogP contribution in [0, 0.1) is 0 Å². The summed E-state index contributed by atoms with van der Waals surface area (Å²) in [6, 6.07) is 5.61. The Kier molecular flexibility index (Phi) is 1.74. The summed E-state index contributed by atoms with van der Waals surface area (Å²) in [7, 11) is -1.12. The summed E-state index contributed by atoms with van der Waals surface area (Å²) in [6.07, 6.45) is 0. The number of nitrogens with two attached hydrogens (primary N) is 1. The van der Waals surface area contributed by atoms with Crippen LogP contribution >= 0.6 is 0 Å². The van der Waals surface area contributed by atoms with Crippen LogP contribution in [0.4, 0.5) is 4.79 Å². The lowest BCUT2D eigenvalue weighted by Gasteiger charge is -1.87. The van der Waals surface area contributed by atoms with Crippen LogP contribution in [0.5, 0.6) is 0 Å². The van der Waals surface area contributed by atoms with Crippen LogP contribution in [-0.2, 0) is 0 Å². The zero-order chi connectivity index (χ0) is 6.69. The van der Waals surface area contributed by atoms with E-state index in [0.717, 1.165) is 0 Å². The molecule has 0 radical (unpaired) electrons. The molecule has 46 valence electrons. The summed E-state index contributed by atoms with van der Waals surface area (Å²) >= 11 is 0. The van der Waals surface area contributed by atoms with Gasteiger partial charge >= 0.3 is 0 Å². The number of rotatable bonds is 1. The van der Waals surface area contributed by atoms with E-state index < -0.39 is 8.40 Å². The van der Waals surface area contributed by atoms with Gasteiger partial charge in [-0.15, -0.1) is 0 Å². The predicted octanol–water partition coefficient (Wildman–Crippen LogP) is 0.639. The lowest BCUT2D eigenvalue weighted by atomic mass is 10.6. The zero-order valence-corrected chi connectivity index (χ0v) is 5.87. The molecule has 0 aliphatic rings. The second kappa shape index (κ2) is 2.55. The van der Waals surface area contributed by atoms with E-state index in [4.69, 9.17) is 5.73 Å². The van der Waals surface area contributed by atoms with Crippen molar-refractivity contribution in [3.63, 3.8) is 0 Å². The zero-order valence-electron chi connectivity index (χ0n) is 4.87. The first-order valence-corrected chi connectivity index (χ1v) is 4.31. The Bertz CT molecular complexity index is 210. The van der Waals surface area contributed by atoms with Crippen molar-refractivity contribution >= 4 is 13.9 Å². The average Bonchev–Trinajstić information content (AvgIpc) is 1.90. The molecule has 2 nitrogen and oxygen atoms in total. The molecule has 0 atom stereocenters. The van der Waals surface area contributed by atoms with Gasteiger partial charge in [-0.2, -0.15) is 0 Å². The Labute approximate surface area is 54.8 Å². The Morgan fingerprint density at radius 3 is 2.11 bits per heavy atom. The van der Waals surface area contributed by atoms with Crippen molar-refractivity contribution < 1.29 is 4.79 Å². The fourth-order valence-electron chi connectivity index (χ4n) is 0.602. The SMILES string of the molecule is NC(=O)[si]1ccccc1. The van der Waals surface area contributed by atoms with Crippen LogP contribution in [-0.4, -0.2) is 13.9 Å². The maximum atomic E-state index is 10.5. The van der Waals surface area contributed by atoms with Gasteiger partial charge in [0.25, 0.3) is 0 Å². The summed E-state index contributed by atoms with van der Waals surface area (Å²) < 4.78 is 0. The molecule has 2 N–H and O–H groups in total. The van der Waals surface area contributed by atoms with Crippen LogP contribution in [0.25, 0.3) is 0 Å². The monoisotopic (exact) mass is 137 g/mol. The van der Waals surface area contributed by atoms with Gasteiger partial charge in [-0.05, 0) is 0 Å². The first kappa shape index (κ1) is 6.16. The van der Waals surface area contributed by atoms with E-state index in [2.05, 4.69) is 0 Å². The number of amides is 1. The summed E-state index contributed by atoms with van der Waals surface area (Å²) in [5, 5.41) is 0. The molecule has 0 aliphatic heterocycles. The van der Waals surface area contributed by atoms with Crippen LogP contribution in [0.3, 0.4) is 0 Å². The quantitative estimate of drug-likeness (QED) is 0.567. The van der Waals surface area contributed by atoms with Crippen LogP contribution < -0.4 is 5.73 Å². The molecule has 1 heterocycles. The van der Waals surface area contributed by atoms with Crippen molar-refractivity contribution in [3.05, 3.63) is 29.6 Å². The molecule has 1 amide bonds. The minimum absolute atomic E-state index is 0.194. The van der Waals surface area contributed by atoms with Gasteiger partial charge in [0, 0.05) is 0 Å². The number of primary amides is 1. The van der Waals surface area contributed by atoms with Crippen molar-refractivity contribution in [1.82, 2.24) is 0 Å². The third-order valence-corrected chi connectivity index (χ3v) is 2.73. The van der Waals surface area contributed by atoms with Gasteiger partial charge in [-0.25, -0.2) is 0 Å². The highest BCUT2D eigenvalue weighted by atomic mass is 28.2. The van der Waals surface area contributed by atoms with Crippen LogP contribution in [0.2, 0.25) is 0 Å². The lowest BCUT2D eigenvalue weighted by Crippen LogP contribution is -2.19. The molecule has 0 bridgehead atoms. The van der Waals surface area contributed by atoms with E-state index in [-0.39, 0.29) is 5.53 Å². The van der Waals surface area contributed by atoms with Crippen LogP contribution in [0.1, 0.15) is 0 Å². The molecule has 0 aliphatic carbocycles. The molecule has 0 spiro atoms. The molecule has 0 saturated carbocycles. The van der Waals surface area contributed by atoms with E-state index in [1.807, 2.05) is 29.6 Å². The molecule has 0 aromatic carbocycles. The molecule has 0 saturated heterocycles. The minimum atomic E-state index is -1.12. The second-order valence-corrected chi connectivity index (χ2v) is 3.80. The first-order chi connectivity index (χ1) is 4.30. The first-order valence-electron chi connectivity index (χ1n) is 2.65. The Hall–Kier alpha value is -0.963. The molecule has 0 unspecified atom stereocenters. The predicted molar refractivity (Wildman–Crippen MR) is 37.4 cm³/mol. The maximum absolute atomic E-state index is 10.5. The third-order valence-electron chi connectivity index (χ3n) is 1.06. The molecule has 9 heavy (non-hydrogen) atoms. The summed E-state index contributed by atoms with van der Waals surface area (Å²) in [6.45, 7) is 0. The molecule has 1 aromatic heterocycles. The van der Waals surface area contributed by atoms with Gasteiger partial charge in [0.15, 0.2) is 0 Å². The largest absolute Gasteiger partial charge is 0.371 e. The minimum Gasteiger partial charge on any atom is -0.371 e. The number of hydrogen-bond donors (Lipinski definition) is 1. The van der Waals surface area contributed by atoms with Crippen LogP contribution in [0.15, 0.2) is 29.6 Å². The molecule has 0 fully saturated rings. The van der Waals surface area contributed by atoms with Crippen molar-refractivity contribution in [2.24, 2.45) is 5.73 Å². The molecular weight excluding hydrogens is 130 g/mol. The number of hydrogen-bond acceptors (Lipinski definition) is 1. The summed E-state index contributed by atoms with van der Waals surface area (Å²) in [5.41, 5.74) is 8.60. The maximum Gasteiger partial charge on any atom is 0.213 e. The molecule has 3 heteroatoms. The average molecular weight is 137 g/mol. The van der Waals surface area contributed by atoms with Crippen molar-refractivity contribution in [2.45, 2.75) is 0 Å². The van der Waals surface area contributed by atoms with Crippen molar-refractivity contribution in [2.75, 3.05) is 0 Å². The van der Waals surface area contributed by atoms with Gasteiger partial charge in [0.1, 0.15) is 8.40 Å². The topological polar surface area (TPSA) is 43.1 Å². The summed E-state index contributed by atoms with van der Waals surface area (Å²) in [5.74, 6) is 0. The smallest absolute Gasteiger partial charge is 0.213 e. The highest BCUT2D eigenvalue weighted by molar-refractivity contribution is 6.82. The number of carbonyl (C=O) groups is 1. The summed E-state index contributed by atoms with van der Waals surface area (Å²) in [4.78, 5) is 10.5. The van der Waals surface area contributed by atoms with Gasteiger partial charge in [0.2, 0.25) is 5.53 Å². The van der Waals surface area contributed by atoms with Gasteiger partial charge < -0.3 is 5.73 Å². The van der Waals surface area contributed by atoms with E-state index in [1.54, 1.807) is 0 Å². The van der Waals surface area contributed by atoms with Crippen molar-refractivity contribution in [3.8, 4) is 0 Å². The van der Waals surface area contributed by atoms with E-state index in [1.165, 1.54) is 0 Å². The van der Waals surface area contributed by atoms with E-state index in [0.29, 0.717) is 0 Å². The lowest BCUT2D eigenvalue weighted by molar-refractivity contribution is 0.266. The van der Waals surface area contributed by atoms with E-state index >= 15 is 0 Å². The van der Waals surface area contributed by atoms with Crippen molar-refractivity contribution in [1.29, 1.82) is 0 Å². The highest BCUT2D eigenvalue weighted by Gasteiger charge is 1.95. The number of carbonyl (C=O) groups excluding carboxylic acids is 1. The van der Waals surface area contributed by atoms with Gasteiger partial charge in [0.05, 0.1) is 0 Å². The fraction of sp³-hybridized carbons (Fsp3) is 0. The van der Waals surface area contributed by atoms with E-state index in [9.17, 15) is 4.79 Å². The normalized spacial score (nSPS) is 8.89. The fourth-order valence-corrected chi connectivity index (χ4v) is 1.68. The Balaban J connectivity index is 2.98. The molecule has 1 rings (SSSR count).